The molecule has 4 heteroatoms. The third-order valence-electron chi connectivity index (χ3n) is 3.47. The van der Waals surface area contributed by atoms with E-state index in [0.717, 1.165) is 17.7 Å². The zero-order valence-electron chi connectivity index (χ0n) is 13.5. The van der Waals surface area contributed by atoms with Crippen LogP contribution in [0.1, 0.15) is 18.4 Å². The zero-order valence-corrected chi connectivity index (χ0v) is 13.5. The number of hydrogen-bond acceptors (Lipinski definition) is 4. The van der Waals surface area contributed by atoms with Crippen LogP contribution in [0, 0.1) is 0 Å². The van der Waals surface area contributed by atoms with Gasteiger partial charge in [-0.3, -0.25) is 9.69 Å². The number of carbonyl (C=O) groups excluding carboxylic acids is 1. The summed E-state index contributed by atoms with van der Waals surface area (Å²) in [4.78, 5) is 14.1. The molecule has 0 aromatic heterocycles. The number of hydrogen-bond donors (Lipinski definition) is 0. The molecule has 0 saturated carbocycles. The minimum absolute atomic E-state index is 0.225. The van der Waals surface area contributed by atoms with Gasteiger partial charge in [0.15, 0.2) is 0 Å². The summed E-state index contributed by atoms with van der Waals surface area (Å²) < 4.78 is 10.1. The number of methoxy groups -OCH3 is 2. The molecule has 0 aliphatic heterocycles. The van der Waals surface area contributed by atoms with E-state index in [9.17, 15) is 4.79 Å². The van der Waals surface area contributed by atoms with Crippen LogP contribution in [0.5, 0.6) is 5.75 Å². The van der Waals surface area contributed by atoms with Crippen molar-refractivity contribution in [2.45, 2.75) is 25.4 Å². The standard InChI is InChI=1S/C18H25NO3/c1-5-7-8-17(18(20)22-4)19(13-6-2)14-15-9-11-16(21-3)12-10-15/h5-6,9-12,17H,1-2,7-8,13-14H2,3-4H3/t17-/m1/s1. The number of benzene rings is 1. The van der Waals surface area contributed by atoms with Gasteiger partial charge < -0.3 is 9.47 Å². The highest BCUT2D eigenvalue weighted by Gasteiger charge is 2.25. The topological polar surface area (TPSA) is 38.8 Å². The Morgan fingerprint density at radius 2 is 1.91 bits per heavy atom. The zero-order chi connectivity index (χ0) is 16.4. The normalized spacial score (nSPS) is 11.8. The molecule has 0 saturated heterocycles. The van der Waals surface area contributed by atoms with Gasteiger partial charge in [-0.1, -0.05) is 24.3 Å². The highest BCUT2D eigenvalue weighted by atomic mass is 16.5. The molecule has 120 valence electrons. The summed E-state index contributed by atoms with van der Waals surface area (Å²) >= 11 is 0. The van der Waals surface area contributed by atoms with Crippen LogP contribution in [0.25, 0.3) is 0 Å². The lowest BCUT2D eigenvalue weighted by molar-refractivity contribution is -0.147. The molecule has 1 rings (SSSR count). The Bertz CT molecular complexity index is 482. The van der Waals surface area contributed by atoms with Gasteiger partial charge in [-0.2, -0.15) is 0 Å². The average molecular weight is 303 g/mol. The van der Waals surface area contributed by atoms with Gasteiger partial charge in [0, 0.05) is 13.1 Å². The van der Waals surface area contributed by atoms with Crippen molar-refractivity contribution < 1.29 is 14.3 Å². The van der Waals surface area contributed by atoms with Crippen molar-refractivity contribution in [2.75, 3.05) is 20.8 Å². The van der Waals surface area contributed by atoms with E-state index in [1.165, 1.54) is 7.11 Å². The molecule has 0 spiro atoms. The van der Waals surface area contributed by atoms with Crippen LogP contribution in [-0.4, -0.2) is 37.7 Å². The van der Waals surface area contributed by atoms with E-state index in [1.54, 1.807) is 13.2 Å². The molecular weight excluding hydrogens is 278 g/mol. The molecule has 0 heterocycles. The Kier molecular flexibility index (Phi) is 8.00. The lowest BCUT2D eigenvalue weighted by atomic mass is 10.1. The van der Waals surface area contributed by atoms with Gasteiger partial charge in [-0.25, -0.2) is 0 Å². The number of rotatable bonds is 10. The Hall–Kier alpha value is -2.07. The summed E-state index contributed by atoms with van der Waals surface area (Å²) in [6.07, 6.45) is 5.05. The minimum Gasteiger partial charge on any atom is -0.497 e. The Balaban J connectivity index is 2.88. The first-order valence-corrected chi connectivity index (χ1v) is 7.32. The lowest BCUT2D eigenvalue weighted by Crippen LogP contribution is -2.41. The highest BCUT2D eigenvalue weighted by Crippen LogP contribution is 2.17. The molecule has 0 amide bonds. The van der Waals surface area contributed by atoms with E-state index in [0.29, 0.717) is 19.5 Å². The van der Waals surface area contributed by atoms with Crippen molar-refractivity contribution in [3.63, 3.8) is 0 Å². The van der Waals surface area contributed by atoms with Crippen molar-refractivity contribution in [1.29, 1.82) is 0 Å². The number of ether oxygens (including phenoxy) is 2. The smallest absolute Gasteiger partial charge is 0.323 e. The van der Waals surface area contributed by atoms with Gasteiger partial charge in [0.2, 0.25) is 0 Å². The molecule has 0 aliphatic carbocycles. The summed E-state index contributed by atoms with van der Waals surface area (Å²) in [6, 6.07) is 7.52. The van der Waals surface area contributed by atoms with Gasteiger partial charge in [0.05, 0.1) is 14.2 Å². The second kappa shape index (κ2) is 9.79. The number of carbonyl (C=O) groups is 1. The van der Waals surface area contributed by atoms with E-state index in [2.05, 4.69) is 18.1 Å². The SMILES string of the molecule is C=CCC[C@H](C(=O)OC)N(CC=C)Cc1ccc(OC)cc1. The highest BCUT2D eigenvalue weighted by molar-refractivity contribution is 5.75. The molecule has 0 unspecified atom stereocenters. The maximum Gasteiger partial charge on any atom is 0.323 e. The third-order valence-corrected chi connectivity index (χ3v) is 3.47. The Morgan fingerprint density at radius 1 is 1.23 bits per heavy atom. The first-order valence-electron chi connectivity index (χ1n) is 7.32. The van der Waals surface area contributed by atoms with Crippen molar-refractivity contribution in [2.24, 2.45) is 0 Å². The molecule has 4 nitrogen and oxygen atoms in total. The molecule has 1 atom stereocenters. The second-order valence-electron chi connectivity index (χ2n) is 4.97. The van der Waals surface area contributed by atoms with Gasteiger partial charge in [0.25, 0.3) is 0 Å². The van der Waals surface area contributed by atoms with E-state index in [4.69, 9.17) is 9.47 Å². The van der Waals surface area contributed by atoms with E-state index in [1.807, 2.05) is 30.3 Å². The van der Waals surface area contributed by atoms with Crippen LogP contribution in [0.15, 0.2) is 49.6 Å². The van der Waals surface area contributed by atoms with Gasteiger partial charge in [0.1, 0.15) is 11.8 Å². The van der Waals surface area contributed by atoms with E-state index >= 15 is 0 Å². The van der Waals surface area contributed by atoms with Crippen LogP contribution in [0.2, 0.25) is 0 Å². The van der Waals surface area contributed by atoms with Crippen molar-refractivity contribution in [3.8, 4) is 5.75 Å². The maximum atomic E-state index is 12.1. The lowest BCUT2D eigenvalue weighted by Gasteiger charge is -2.28. The molecule has 0 fully saturated rings. The van der Waals surface area contributed by atoms with Crippen LogP contribution in [-0.2, 0) is 16.1 Å². The quantitative estimate of drug-likeness (QED) is 0.491. The molecule has 0 radical (unpaired) electrons. The average Bonchev–Trinajstić information content (AvgIpc) is 2.55. The monoisotopic (exact) mass is 303 g/mol. The number of allylic oxidation sites excluding steroid dienone is 1. The largest absolute Gasteiger partial charge is 0.497 e. The van der Waals surface area contributed by atoms with Crippen LogP contribution in [0.3, 0.4) is 0 Å². The summed E-state index contributed by atoms with van der Waals surface area (Å²) in [5.41, 5.74) is 1.11. The van der Waals surface area contributed by atoms with Gasteiger partial charge >= 0.3 is 5.97 Å². The molecule has 0 aliphatic rings. The maximum absolute atomic E-state index is 12.1. The van der Waals surface area contributed by atoms with Crippen LogP contribution in [0.4, 0.5) is 0 Å². The van der Waals surface area contributed by atoms with Gasteiger partial charge in [-0.15, -0.1) is 13.2 Å². The van der Waals surface area contributed by atoms with Crippen molar-refractivity contribution in [1.82, 2.24) is 4.90 Å². The first kappa shape index (κ1) is 18.0. The third kappa shape index (κ3) is 5.37. The van der Waals surface area contributed by atoms with E-state index in [-0.39, 0.29) is 12.0 Å². The molecule has 0 N–H and O–H groups in total. The fourth-order valence-corrected chi connectivity index (χ4v) is 2.29. The predicted octanol–water partition coefficient (Wildman–Crippen LogP) is 3.19. The minimum atomic E-state index is -0.303. The van der Waals surface area contributed by atoms with Gasteiger partial charge in [-0.05, 0) is 30.5 Å². The molecule has 0 bridgehead atoms. The molecule has 1 aromatic rings. The molecule has 22 heavy (non-hydrogen) atoms. The summed E-state index contributed by atoms with van der Waals surface area (Å²) in [5.74, 6) is 0.590. The Morgan fingerprint density at radius 3 is 2.41 bits per heavy atom. The fraction of sp³-hybridized carbons (Fsp3) is 0.389. The molecule has 1 aromatic carbocycles. The summed E-state index contributed by atoms with van der Waals surface area (Å²) in [6.45, 7) is 8.76. The fourth-order valence-electron chi connectivity index (χ4n) is 2.29. The number of nitrogens with zero attached hydrogens (tertiary/aromatic N) is 1. The first-order chi connectivity index (χ1) is 10.7. The summed E-state index contributed by atoms with van der Waals surface area (Å²) in [7, 11) is 3.06. The van der Waals surface area contributed by atoms with Crippen molar-refractivity contribution in [3.05, 3.63) is 55.1 Å². The second-order valence-corrected chi connectivity index (χ2v) is 4.97. The number of esters is 1. The van der Waals surface area contributed by atoms with Crippen LogP contribution >= 0.6 is 0 Å². The predicted molar refractivity (Wildman–Crippen MR) is 88.8 cm³/mol. The summed E-state index contributed by atoms with van der Waals surface area (Å²) in [5, 5.41) is 0. The van der Waals surface area contributed by atoms with Crippen molar-refractivity contribution >= 4 is 5.97 Å². The van der Waals surface area contributed by atoms with Crippen LogP contribution < -0.4 is 4.74 Å². The van der Waals surface area contributed by atoms with E-state index < -0.39 is 0 Å². The Labute approximate surface area is 133 Å². The molecular formula is C18H25NO3.